The molecular formula is C15H22BrFO. The molecule has 1 nitrogen and oxygen atoms in total. The zero-order chi connectivity index (χ0) is 13.6. The normalized spacial score (nSPS) is 14.5. The highest BCUT2D eigenvalue weighted by molar-refractivity contribution is 9.10. The van der Waals surface area contributed by atoms with Crippen LogP contribution >= 0.6 is 15.9 Å². The predicted octanol–water partition coefficient (Wildman–Crippen LogP) is 4.71. The molecule has 0 aliphatic carbocycles. The van der Waals surface area contributed by atoms with Gasteiger partial charge in [0.1, 0.15) is 5.82 Å². The first-order chi connectivity index (χ1) is 8.56. The maximum Gasteiger partial charge on any atom is 0.123 e. The number of aliphatic hydroxyl groups excluding tert-OH is 1. The van der Waals surface area contributed by atoms with E-state index in [0.29, 0.717) is 0 Å². The molecule has 1 N–H and O–H groups in total. The Bertz CT molecular complexity index is 375. The van der Waals surface area contributed by atoms with Crippen LogP contribution in [0.5, 0.6) is 0 Å². The molecule has 1 aromatic carbocycles. The van der Waals surface area contributed by atoms with E-state index in [4.69, 9.17) is 0 Å². The molecule has 0 aliphatic rings. The summed E-state index contributed by atoms with van der Waals surface area (Å²) in [6, 6.07) is 4.75. The quantitative estimate of drug-likeness (QED) is 0.772. The van der Waals surface area contributed by atoms with Crippen molar-refractivity contribution in [3.63, 3.8) is 0 Å². The Morgan fingerprint density at radius 3 is 2.61 bits per heavy atom. The first-order valence-electron chi connectivity index (χ1n) is 6.61. The lowest BCUT2D eigenvalue weighted by Crippen LogP contribution is -2.27. The van der Waals surface area contributed by atoms with Gasteiger partial charge in [-0.15, -0.1) is 0 Å². The summed E-state index contributed by atoms with van der Waals surface area (Å²) in [5, 5.41) is 9.72. The number of hydrogen-bond donors (Lipinski definition) is 1. The van der Waals surface area contributed by atoms with E-state index in [0.717, 1.165) is 42.1 Å². The summed E-state index contributed by atoms with van der Waals surface area (Å²) in [5.41, 5.74) is 0.828. The van der Waals surface area contributed by atoms with Gasteiger partial charge in [-0.25, -0.2) is 4.39 Å². The van der Waals surface area contributed by atoms with Crippen molar-refractivity contribution in [1.29, 1.82) is 0 Å². The summed E-state index contributed by atoms with van der Waals surface area (Å²) >= 11 is 3.46. The Balaban J connectivity index is 2.91. The van der Waals surface area contributed by atoms with Crippen LogP contribution in [0.25, 0.3) is 0 Å². The first-order valence-corrected chi connectivity index (χ1v) is 7.41. The van der Waals surface area contributed by atoms with Crippen molar-refractivity contribution >= 4 is 15.9 Å². The second-order valence-electron chi connectivity index (χ2n) is 5.03. The second-order valence-corrected chi connectivity index (χ2v) is 5.88. The minimum Gasteiger partial charge on any atom is -0.396 e. The van der Waals surface area contributed by atoms with Crippen molar-refractivity contribution in [1.82, 2.24) is 0 Å². The van der Waals surface area contributed by atoms with Crippen LogP contribution in [0.3, 0.4) is 0 Å². The molecule has 0 fully saturated rings. The van der Waals surface area contributed by atoms with Gasteiger partial charge in [0.2, 0.25) is 0 Å². The smallest absolute Gasteiger partial charge is 0.123 e. The van der Waals surface area contributed by atoms with Crippen LogP contribution in [-0.4, -0.2) is 11.7 Å². The fourth-order valence-electron chi connectivity index (χ4n) is 2.27. The number of rotatable bonds is 7. The summed E-state index contributed by atoms with van der Waals surface area (Å²) < 4.78 is 14.2. The molecule has 0 amide bonds. The van der Waals surface area contributed by atoms with Crippen LogP contribution in [-0.2, 0) is 6.42 Å². The monoisotopic (exact) mass is 316 g/mol. The van der Waals surface area contributed by atoms with Gasteiger partial charge in [0.25, 0.3) is 0 Å². The van der Waals surface area contributed by atoms with Crippen LogP contribution in [0.1, 0.15) is 45.1 Å². The van der Waals surface area contributed by atoms with Gasteiger partial charge in [0, 0.05) is 11.1 Å². The topological polar surface area (TPSA) is 20.2 Å². The Kier molecular flexibility index (Phi) is 6.30. The minimum atomic E-state index is -0.216. The molecule has 0 aromatic heterocycles. The highest BCUT2D eigenvalue weighted by atomic mass is 79.9. The van der Waals surface area contributed by atoms with E-state index in [1.54, 1.807) is 12.1 Å². The van der Waals surface area contributed by atoms with Crippen LogP contribution in [0.2, 0.25) is 0 Å². The molecule has 102 valence electrons. The molecule has 18 heavy (non-hydrogen) atoms. The lowest BCUT2D eigenvalue weighted by Gasteiger charge is -2.31. The molecule has 3 heteroatoms. The minimum absolute atomic E-state index is 0.119. The maximum atomic E-state index is 13.3. The van der Waals surface area contributed by atoms with Crippen molar-refractivity contribution in [2.45, 2.75) is 46.0 Å². The summed E-state index contributed by atoms with van der Waals surface area (Å²) in [5.74, 6) is -0.216. The predicted molar refractivity (Wildman–Crippen MR) is 77.1 cm³/mol. The largest absolute Gasteiger partial charge is 0.396 e. The fraction of sp³-hybridized carbons (Fsp3) is 0.600. The molecule has 1 atom stereocenters. The number of unbranched alkanes of at least 4 members (excludes halogenated alkanes) is 1. The molecule has 0 aliphatic heterocycles. The summed E-state index contributed by atoms with van der Waals surface area (Å²) in [6.45, 7) is 4.40. The number of halogens is 2. The molecule has 1 aromatic rings. The van der Waals surface area contributed by atoms with Crippen LogP contribution < -0.4 is 0 Å². The zero-order valence-electron chi connectivity index (χ0n) is 11.2. The van der Waals surface area contributed by atoms with Crippen molar-refractivity contribution < 1.29 is 9.50 Å². The third-order valence-corrected chi connectivity index (χ3v) is 4.49. The third-order valence-electron chi connectivity index (χ3n) is 3.72. The van der Waals surface area contributed by atoms with E-state index in [1.807, 2.05) is 0 Å². The van der Waals surface area contributed by atoms with Gasteiger partial charge < -0.3 is 5.11 Å². The molecular weight excluding hydrogens is 295 g/mol. The van der Waals surface area contributed by atoms with E-state index >= 15 is 0 Å². The highest BCUT2D eigenvalue weighted by Gasteiger charge is 2.28. The third kappa shape index (κ3) is 4.06. The van der Waals surface area contributed by atoms with Gasteiger partial charge in [-0.2, -0.15) is 0 Å². The summed E-state index contributed by atoms with van der Waals surface area (Å²) in [4.78, 5) is 0. The van der Waals surface area contributed by atoms with Crippen LogP contribution in [0.15, 0.2) is 22.7 Å². The lowest BCUT2D eigenvalue weighted by molar-refractivity contribution is 0.107. The van der Waals surface area contributed by atoms with Crippen molar-refractivity contribution in [2.24, 2.45) is 5.41 Å². The average Bonchev–Trinajstić information content (AvgIpc) is 2.39. The van der Waals surface area contributed by atoms with Gasteiger partial charge in [-0.05, 0) is 48.4 Å². The Labute approximate surface area is 118 Å². The van der Waals surface area contributed by atoms with Crippen LogP contribution in [0, 0.1) is 11.2 Å². The van der Waals surface area contributed by atoms with E-state index in [1.165, 1.54) is 6.07 Å². The van der Waals surface area contributed by atoms with Crippen LogP contribution in [0.4, 0.5) is 4.39 Å². The van der Waals surface area contributed by atoms with Gasteiger partial charge in [0.05, 0.1) is 0 Å². The van der Waals surface area contributed by atoms with Gasteiger partial charge in [-0.1, -0.05) is 42.6 Å². The summed E-state index contributed by atoms with van der Waals surface area (Å²) in [7, 11) is 0. The first kappa shape index (κ1) is 15.6. The van der Waals surface area contributed by atoms with Crippen molar-refractivity contribution in [2.75, 3.05) is 6.61 Å². The molecule has 0 saturated carbocycles. The van der Waals surface area contributed by atoms with E-state index in [2.05, 4.69) is 29.8 Å². The van der Waals surface area contributed by atoms with Gasteiger partial charge in [0.15, 0.2) is 0 Å². The SMILES string of the molecule is CCCCC(CC)(CO)Cc1cc(F)ccc1Br. The molecule has 0 spiro atoms. The number of benzene rings is 1. The van der Waals surface area contributed by atoms with E-state index in [-0.39, 0.29) is 17.8 Å². The average molecular weight is 317 g/mol. The fourth-order valence-corrected chi connectivity index (χ4v) is 2.66. The van der Waals surface area contributed by atoms with Gasteiger partial charge in [-0.3, -0.25) is 0 Å². The Hall–Kier alpha value is -0.410. The molecule has 1 unspecified atom stereocenters. The van der Waals surface area contributed by atoms with E-state index < -0.39 is 0 Å². The zero-order valence-corrected chi connectivity index (χ0v) is 12.8. The molecule has 0 bridgehead atoms. The maximum absolute atomic E-state index is 13.3. The standard InChI is InChI=1S/C15H22BrFO/c1-3-5-8-15(4-2,11-18)10-12-9-13(17)6-7-14(12)16/h6-7,9,18H,3-5,8,10-11H2,1-2H3. The lowest BCUT2D eigenvalue weighted by atomic mass is 9.76. The summed E-state index contributed by atoms with van der Waals surface area (Å²) in [6.07, 6.45) is 4.83. The van der Waals surface area contributed by atoms with Crippen molar-refractivity contribution in [3.8, 4) is 0 Å². The van der Waals surface area contributed by atoms with Gasteiger partial charge >= 0.3 is 0 Å². The number of hydrogen-bond acceptors (Lipinski definition) is 1. The Morgan fingerprint density at radius 1 is 1.33 bits per heavy atom. The number of aliphatic hydroxyl groups is 1. The highest BCUT2D eigenvalue weighted by Crippen LogP contribution is 2.35. The molecule has 1 rings (SSSR count). The second kappa shape index (κ2) is 7.25. The molecule has 0 radical (unpaired) electrons. The van der Waals surface area contributed by atoms with E-state index in [9.17, 15) is 9.50 Å². The molecule has 0 heterocycles. The van der Waals surface area contributed by atoms with Crippen molar-refractivity contribution in [3.05, 3.63) is 34.1 Å². The molecule has 0 saturated heterocycles. The Morgan fingerprint density at radius 2 is 2.06 bits per heavy atom.